The van der Waals surface area contributed by atoms with Crippen LogP contribution >= 0.6 is 11.6 Å². The van der Waals surface area contributed by atoms with Crippen molar-refractivity contribution in [2.45, 2.75) is 51.6 Å². The second-order valence-corrected chi connectivity index (χ2v) is 6.37. The molecule has 3 unspecified atom stereocenters. The number of rotatable bonds is 5. The van der Waals surface area contributed by atoms with Crippen molar-refractivity contribution in [3.63, 3.8) is 0 Å². The maximum Gasteiger partial charge on any atom is 0.122 e. The first-order chi connectivity index (χ1) is 9.63. The van der Waals surface area contributed by atoms with Crippen LogP contribution in [-0.4, -0.2) is 18.3 Å². The first-order valence-corrected chi connectivity index (χ1v) is 8.02. The molecule has 1 aromatic rings. The van der Waals surface area contributed by atoms with Crippen LogP contribution in [-0.2, 0) is 6.42 Å². The van der Waals surface area contributed by atoms with E-state index >= 15 is 0 Å². The smallest absolute Gasteiger partial charge is 0.122 e. The van der Waals surface area contributed by atoms with Gasteiger partial charge in [-0.2, -0.15) is 0 Å². The minimum Gasteiger partial charge on any atom is -0.496 e. The Morgan fingerprint density at radius 2 is 2.20 bits per heavy atom. The molecule has 2 rings (SSSR count). The van der Waals surface area contributed by atoms with Crippen LogP contribution in [0, 0.1) is 11.8 Å². The highest BCUT2D eigenvalue weighted by Crippen LogP contribution is 2.35. The first-order valence-electron chi connectivity index (χ1n) is 7.64. The third-order valence-electron chi connectivity index (χ3n) is 4.62. The molecule has 1 aromatic carbocycles. The summed E-state index contributed by atoms with van der Waals surface area (Å²) in [7, 11) is 1.66. The lowest BCUT2D eigenvalue weighted by Gasteiger charge is -2.32. The van der Waals surface area contributed by atoms with Crippen LogP contribution in [0.4, 0.5) is 0 Å². The summed E-state index contributed by atoms with van der Waals surface area (Å²) in [5.41, 5.74) is 1.01. The first kappa shape index (κ1) is 15.7. The Hall–Kier alpha value is -0.730. The van der Waals surface area contributed by atoms with E-state index in [0.29, 0.717) is 17.4 Å². The zero-order valence-corrected chi connectivity index (χ0v) is 13.2. The van der Waals surface area contributed by atoms with Crippen LogP contribution in [0.3, 0.4) is 0 Å². The predicted molar refractivity (Wildman–Crippen MR) is 83.5 cm³/mol. The molecule has 1 aliphatic rings. The van der Waals surface area contributed by atoms with Gasteiger partial charge in [0, 0.05) is 11.4 Å². The highest BCUT2D eigenvalue weighted by Gasteiger charge is 2.27. The molecule has 1 aliphatic carbocycles. The molecule has 1 saturated carbocycles. The molecule has 0 aliphatic heterocycles. The van der Waals surface area contributed by atoms with Crippen molar-refractivity contribution < 1.29 is 9.84 Å². The van der Waals surface area contributed by atoms with E-state index in [1.807, 2.05) is 18.2 Å². The standard InChI is InChI=1S/C17H25ClO2/c1-3-12-5-4-6-13(9-12)16(19)11-14-10-15(18)7-8-17(14)20-2/h7-8,10,12-13,16,19H,3-6,9,11H2,1-2H3. The number of hydrogen-bond acceptors (Lipinski definition) is 2. The van der Waals surface area contributed by atoms with E-state index < -0.39 is 0 Å². The van der Waals surface area contributed by atoms with Crippen LogP contribution in [0.2, 0.25) is 5.02 Å². The number of benzene rings is 1. The van der Waals surface area contributed by atoms with Crippen LogP contribution in [0.1, 0.15) is 44.6 Å². The third-order valence-corrected chi connectivity index (χ3v) is 4.85. The van der Waals surface area contributed by atoms with Gasteiger partial charge in [0.05, 0.1) is 13.2 Å². The Labute approximate surface area is 127 Å². The normalized spacial score (nSPS) is 24.4. The molecular formula is C17H25ClO2. The molecular weight excluding hydrogens is 272 g/mol. The second kappa shape index (κ2) is 7.33. The van der Waals surface area contributed by atoms with Crippen molar-refractivity contribution in [1.29, 1.82) is 0 Å². The van der Waals surface area contributed by atoms with Gasteiger partial charge in [0.25, 0.3) is 0 Å². The summed E-state index contributed by atoms with van der Waals surface area (Å²) >= 11 is 6.05. The quantitative estimate of drug-likeness (QED) is 0.869. The molecule has 1 fully saturated rings. The van der Waals surface area contributed by atoms with Gasteiger partial charge >= 0.3 is 0 Å². The van der Waals surface area contributed by atoms with E-state index in [1.54, 1.807) is 7.11 Å². The molecule has 1 N–H and O–H groups in total. The van der Waals surface area contributed by atoms with Crippen molar-refractivity contribution in [3.05, 3.63) is 28.8 Å². The predicted octanol–water partition coefficient (Wildman–Crippen LogP) is 4.47. The summed E-state index contributed by atoms with van der Waals surface area (Å²) in [6.07, 6.45) is 6.42. The molecule has 3 atom stereocenters. The van der Waals surface area contributed by atoms with Crippen LogP contribution < -0.4 is 4.74 Å². The molecule has 112 valence electrons. The molecule has 3 heteroatoms. The summed E-state index contributed by atoms with van der Waals surface area (Å²) in [5, 5.41) is 11.3. The number of methoxy groups -OCH3 is 1. The van der Waals surface area contributed by atoms with Gasteiger partial charge in [-0.05, 0) is 48.4 Å². The van der Waals surface area contributed by atoms with E-state index in [0.717, 1.165) is 30.1 Å². The molecule has 0 amide bonds. The molecule has 0 aromatic heterocycles. The highest BCUT2D eigenvalue weighted by molar-refractivity contribution is 6.30. The van der Waals surface area contributed by atoms with Gasteiger partial charge in [-0.25, -0.2) is 0 Å². The van der Waals surface area contributed by atoms with Gasteiger partial charge in [0.2, 0.25) is 0 Å². The number of hydrogen-bond donors (Lipinski definition) is 1. The number of aliphatic hydroxyl groups excluding tert-OH is 1. The average molecular weight is 297 g/mol. The van der Waals surface area contributed by atoms with Crippen molar-refractivity contribution in [2.75, 3.05) is 7.11 Å². The molecule has 0 radical (unpaired) electrons. The Bertz CT molecular complexity index is 433. The van der Waals surface area contributed by atoms with Crippen LogP contribution in [0.25, 0.3) is 0 Å². The summed E-state index contributed by atoms with van der Waals surface area (Å²) in [4.78, 5) is 0. The lowest BCUT2D eigenvalue weighted by molar-refractivity contribution is 0.0680. The van der Waals surface area contributed by atoms with Gasteiger partial charge in [-0.15, -0.1) is 0 Å². The van der Waals surface area contributed by atoms with E-state index in [1.165, 1.54) is 19.3 Å². The maximum absolute atomic E-state index is 10.6. The summed E-state index contributed by atoms with van der Waals surface area (Å²) < 4.78 is 5.36. The third kappa shape index (κ3) is 3.89. The van der Waals surface area contributed by atoms with Gasteiger partial charge in [0.1, 0.15) is 5.75 Å². The van der Waals surface area contributed by atoms with Crippen LogP contribution in [0.5, 0.6) is 5.75 Å². The molecule has 0 saturated heterocycles. The lowest BCUT2D eigenvalue weighted by atomic mass is 9.76. The Kier molecular flexibility index (Phi) is 5.74. The molecule has 0 bridgehead atoms. The lowest BCUT2D eigenvalue weighted by Crippen LogP contribution is -2.28. The van der Waals surface area contributed by atoms with Crippen molar-refractivity contribution in [2.24, 2.45) is 11.8 Å². The fourth-order valence-electron chi connectivity index (χ4n) is 3.35. The van der Waals surface area contributed by atoms with E-state index in [9.17, 15) is 5.11 Å². The fourth-order valence-corrected chi connectivity index (χ4v) is 3.55. The SMILES string of the molecule is CCC1CCCC(C(O)Cc2cc(Cl)ccc2OC)C1. The van der Waals surface area contributed by atoms with Crippen molar-refractivity contribution in [3.8, 4) is 5.75 Å². The van der Waals surface area contributed by atoms with Gasteiger partial charge < -0.3 is 9.84 Å². The molecule has 0 heterocycles. The molecule has 0 spiro atoms. The number of ether oxygens (including phenoxy) is 1. The minimum atomic E-state index is -0.295. The van der Waals surface area contributed by atoms with Gasteiger partial charge in [-0.1, -0.05) is 37.8 Å². The maximum atomic E-state index is 10.6. The summed E-state index contributed by atoms with van der Waals surface area (Å²) in [6, 6.07) is 5.60. The van der Waals surface area contributed by atoms with Gasteiger partial charge in [-0.3, -0.25) is 0 Å². The van der Waals surface area contributed by atoms with Crippen LogP contribution in [0.15, 0.2) is 18.2 Å². The average Bonchev–Trinajstić information content (AvgIpc) is 2.47. The van der Waals surface area contributed by atoms with Crippen molar-refractivity contribution >= 4 is 11.6 Å². The highest BCUT2D eigenvalue weighted by atomic mass is 35.5. The number of halogens is 1. The van der Waals surface area contributed by atoms with Gasteiger partial charge in [0.15, 0.2) is 0 Å². The fraction of sp³-hybridized carbons (Fsp3) is 0.647. The summed E-state index contributed by atoms with van der Waals surface area (Å²) in [5.74, 6) is 2.01. The zero-order chi connectivity index (χ0) is 14.5. The van der Waals surface area contributed by atoms with E-state index in [-0.39, 0.29) is 6.10 Å². The zero-order valence-electron chi connectivity index (χ0n) is 12.4. The topological polar surface area (TPSA) is 29.5 Å². The van der Waals surface area contributed by atoms with E-state index in [4.69, 9.17) is 16.3 Å². The minimum absolute atomic E-state index is 0.295. The largest absolute Gasteiger partial charge is 0.496 e. The van der Waals surface area contributed by atoms with Crippen molar-refractivity contribution in [1.82, 2.24) is 0 Å². The molecule has 2 nitrogen and oxygen atoms in total. The number of aliphatic hydroxyl groups is 1. The Morgan fingerprint density at radius 1 is 1.40 bits per heavy atom. The second-order valence-electron chi connectivity index (χ2n) is 5.93. The molecule has 20 heavy (non-hydrogen) atoms. The Balaban J connectivity index is 2.03. The monoisotopic (exact) mass is 296 g/mol. The Morgan fingerprint density at radius 3 is 2.90 bits per heavy atom. The van der Waals surface area contributed by atoms with E-state index in [2.05, 4.69) is 6.92 Å². The summed E-state index contributed by atoms with van der Waals surface area (Å²) in [6.45, 7) is 2.25.